The topological polar surface area (TPSA) is 38.0 Å². The summed E-state index contributed by atoms with van der Waals surface area (Å²) >= 11 is 2.42. The van der Waals surface area contributed by atoms with E-state index in [1.54, 1.807) is 5.56 Å². The highest BCUT2D eigenvalue weighted by Gasteiger charge is 2.32. The van der Waals surface area contributed by atoms with Gasteiger partial charge >= 0.3 is 0 Å². The molecular formula is C11H13IN2. The number of rotatable bonds is 0. The van der Waals surface area contributed by atoms with E-state index in [-0.39, 0.29) is 0 Å². The van der Waals surface area contributed by atoms with Gasteiger partial charge in [0.05, 0.1) is 0 Å². The van der Waals surface area contributed by atoms with E-state index in [1.807, 2.05) is 0 Å². The van der Waals surface area contributed by atoms with Crippen molar-refractivity contribution in [1.29, 1.82) is 0 Å². The van der Waals surface area contributed by atoms with Gasteiger partial charge in [-0.25, -0.2) is 0 Å². The van der Waals surface area contributed by atoms with E-state index in [1.165, 1.54) is 14.8 Å². The van der Waals surface area contributed by atoms with Crippen molar-refractivity contribution < 1.29 is 0 Å². The summed E-state index contributed by atoms with van der Waals surface area (Å²) in [5.74, 6) is 0.665. The first-order valence-electron chi connectivity index (χ1n) is 5.06. The Labute approximate surface area is 97.4 Å². The largest absolute Gasteiger partial charge is 0.384 e. The molecule has 0 fully saturated rings. The Morgan fingerprint density at radius 2 is 2.29 bits per heavy atom. The summed E-state index contributed by atoms with van der Waals surface area (Å²) in [6.07, 6.45) is 2.20. The number of hydrogen-bond acceptors (Lipinski definition) is 2. The summed E-state index contributed by atoms with van der Waals surface area (Å²) < 4.78 is 1.38. The fraction of sp³-hybridized carbons (Fsp3) is 0.455. The average molecular weight is 300 g/mol. The number of benzene rings is 1. The highest BCUT2D eigenvalue weighted by Crippen LogP contribution is 2.42. The smallest absolute Gasteiger partial charge is 0.0379 e. The average Bonchev–Trinajstić information content (AvgIpc) is 2.55. The summed E-state index contributed by atoms with van der Waals surface area (Å²) in [4.78, 5) is 0. The lowest BCUT2D eigenvalue weighted by Gasteiger charge is -2.26. The van der Waals surface area contributed by atoms with E-state index in [0.717, 1.165) is 19.4 Å². The molecule has 1 aliphatic heterocycles. The van der Waals surface area contributed by atoms with Crippen LogP contribution in [0.2, 0.25) is 0 Å². The first-order chi connectivity index (χ1) is 6.75. The summed E-state index contributed by atoms with van der Waals surface area (Å²) in [6.45, 7) is 1.08. The third-order valence-electron chi connectivity index (χ3n) is 3.30. The first-order valence-corrected chi connectivity index (χ1v) is 6.14. The molecule has 3 N–H and O–H groups in total. The molecule has 2 nitrogen and oxygen atoms in total. The molecule has 74 valence electrons. The van der Waals surface area contributed by atoms with Crippen molar-refractivity contribution in [3.63, 3.8) is 0 Å². The lowest BCUT2D eigenvalue weighted by molar-refractivity contribution is 0.513. The number of hydrogen-bond donors (Lipinski definition) is 2. The summed E-state index contributed by atoms with van der Waals surface area (Å²) in [5, 5.41) is 3.47. The van der Waals surface area contributed by atoms with Crippen LogP contribution in [0.15, 0.2) is 12.1 Å². The molecule has 0 saturated heterocycles. The van der Waals surface area contributed by atoms with Crippen LogP contribution >= 0.6 is 22.6 Å². The monoisotopic (exact) mass is 300 g/mol. The Kier molecular flexibility index (Phi) is 1.99. The van der Waals surface area contributed by atoms with Crippen molar-refractivity contribution in [3.8, 4) is 0 Å². The van der Waals surface area contributed by atoms with Crippen LogP contribution in [0.5, 0.6) is 0 Å². The first kappa shape index (κ1) is 8.97. The molecular weight excluding hydrogens is 287 g/mol. The maximum absolute atomic E-state index is 6.08. The molecule has 0 bridgehead atoms. The molecule has 2 unspecified atom stereocenters. The Hall–Kier alpha value is -0.290. The molecule has 0 amide bonds. The molecule has 0 radical (unpaired) electrons. The maximum atomic E-state index is 6.08. The van der Waals surface area contributed by atoms with E-state index >= 15 is 0 Å². The highest BCUT2D eigenvalue weighted by atomic mass is 127. The van der Waals surface area contributed by atoms with E-state index < -0.39 is 0 Å². The predicted octanol–water partition coefficient (Wildman–Crippen LogP) is 2.07. The number of nitrogens with one attached hydrogen (secondary N) is 1. The van der Waals surface area contributed by atoms with Crippen LogP contribution in [0.4, 0.5) is 5.69 Å². The summed E-state index contributed by atoms with van der Waals surface area (Å²) in [7, 11) is 0. The van der Waals surface area contributed by atoms with E-state index in [4.69, 9.17) is 5.73 Å². The van der Waals surface area contributed by atoms with E-state index in [2.05, 4.69) is 40.0 Å². The second-order valence-corrected chi connectivity index (χ2v) is 5.43. The molecule has 14 heavy (non-hydrogen) atoms. The third-order valence-corrected chi connectivity index (χ3v) is 4.31. The molecule has 1 heterocycles. The van der Waals surface area contributed by atoms with Crippen LogP contribution in [-0.2, 0) is 6.42 Å². The second kappa shape index (κ2) is 3.10. The molecule has 1 aromatic rings. The SMILES string of the molecule is NC1Cc2c(I)ccc3c2C(CN3)C1. The lowest BCUT2D eigenvalue weighted by Crippen LogP contribution is -2.30. The Morgan fingerprint density at radius 1 is 1.43 bits per heavy atom. The zero-order valence-corrected chi connectivity index (χ0v) is 10.0. The van der Waals surface area contributed by atoms with Crippen molar-refractivity contribution in [2.45, 2.75) is 24.8 Å². The van der Waals surface area contributed by atoms with Gasteiger partial charge in [0.15, 0.2) is 0 Å². The molecule has 3 rings (SSSR count). The zero-order valence-electron chi connectivity index (χ0n) is 7.89. The lowest BCUT2D eigenvalue weighted by atomic mass is 9.82. The standard InChI is InChI=1S/C11H13IN2/c12-9-1-2-10-11-6(5-14-10)3-7(13)4-8(9)11/h1-2,6-7,14H,3-5,13H2. The van der Waals surface area contributed by atoms with Gasteiger partial charge in [-0.15, -0.1) is 0 Å². The summed E-state index contributed by atoms with van der Waals surface area (Å²) in [6, 6.07) is 4.76. The summed E-state index contributed by atoms with van der Waals surface area (Å²) in [5.41, 5.74) is 10.5. The zero-order chi connectivity index (χ0) is 9.71. The quantitative estimate of drug-likeness (QED) is 0.720. The van der Waals surface area contributed by atoms with E-state index in [0.29, 0.717) is 12.0 Å². The van der Waals surface area contributed by atoms with Crippen molar-refractivity contribution in [3.05, 3.63) is 26.8 Å². The predicted molar refractivity (Wildman–Crippen MR) is 66.7 cm³/mol. The maximum Gasteiger partial charge on any atom is 0.0379 e. The molecule has 3 heteroatoms. The molecule has 0 saturated carbocycles. The van der Waals surface area contributed by atoms with Crippen molar-refractivity contribution in [2.75, 3.05) is 11.9 Å². The second-order valence-electron chi connectivity index (χ2n) is 4.26. The van der Waals surface area contributed by atoms with Crippen LogP contribution in [-0.4, -0.2) is 12.6 Å². The number of halogens is 1. The van der Waals surface area contributed by atoms with Crippen LogP contribution in [0, 0.1) is 3.57 Å². The molecule has 2 atom stereocenters. The highest BCUT2D eigenvalue weighted by molar-refractivity contribution is 14.1. The van der Waals surface area contributed by atoms with Gasteiger partial charge in [-0.3, -0.25) is 0 Å². The van der Waals surface area contributed by atoms with Gasteiger partial charge in [-0.1, -0.05) is 0 Å². The van der Waals surface area contributed by atoms with Gasteiger partial charge in [-0.2, -0.15) is 0 Å². The third kappa shape index (κ3) is 1.18. The Bertz CT molecular complexity index is 389. The van der Waals surface area contributed by atoms with Crippen molar-refractivity contribution >= 4 is 28.3 Å². The minimum absolute atomic E-state index is 0.358. The molecule has 1 aromatic carbocycles. The van der Waals surface area contributed by atoms with Gasteiger partial charge in [0.25, 0.3) is 0 Å². The van der Waals surface area contributed by atoms with Gasteiger partial charge in [0.2, 0.25) is 0 Å². The van der Waals surface area contributed by atoms with Crippen LogP contribution in [0.3, 0.4) is 0 Å². The van der Waals surface area contributed by atoms with Gasteiger partial charge in [-0.05, 0) is 58.7 Å². The number of nitrogens with two attached hydrogens (primary N) is 1. The van der Waals surface area contributed by atoms with Crippen LogP contribution in [0.1, 0.15) is 23.5 Å². The Morgan fingerprint density at radius 3 is 3.14 bits per heavy atom. The molecule has 0 aromatic heterocycles. The van der Waals surface area contributed by atoms with Crippen LogP contribution in [0.25, 0.3) is 0 Å². The molecule has 1 aliphatic carbocycles. The minimum Gasteiger partial charge on any atom is -0.384 e. The molecule has 0 spiro atoms. The normalized spacial score (nSPS) is 28.4. The van der Waals surface area contributed by atoms with Gasteiger partial charge < -0.3 is 11.1 Å². The fourth-order valence-electron chi connectivity index (χ4n) is 2.71. The van der Waals surface area contributed by atoms with Crippen molar-refractivity contribution in [1.82, 2.24) is 0 Å². The van der Waals surface area contributed by atoms with Crippen LogP contribution < -0.4 is 11.1 Å². The van der Waals surface area contributed by atoms with E-state index in [9.17, 15) is 0 Å². The van der Waals surface area contributed by atoms with Crippen molar-refractivity contribution in [2.24, 2.45) is 5.73 Å². The minimum atomic E-state index is 0.358. The van der Waals surface area contributed by atoms with Gasteiger partial charge in [0, 0.05) is 27.8 Å². The number of anilines is 1. The van der Waals surface area contributed by atoms with Gasteiger partial charge in [0.1, 0.15) is 0 Å². The fourth-order valence-corrected chi connectivity index (χ4v) is 3.40. The molecule has 2 aliphatic rings. The Balaban J connectivity index is 2.21.